The molecule has 25 heavy (non-hydrogen) atoms. The van der Waals surface area contributed by atoms with Gasteiger partial charge < -0.3 is 24.4 Å². The number of carboxylic acids is 1. The number of benzene rings is 1. The first-order chi connectivity index (χ1) is 12.1. The van der Waals surface area contributed by atoms with Crippen molar-refractivity contribution >= 4 is 17.6 Å². The smallest absolute Gasteiger partial charge is 0.309 e. The second kappa shape index (κ2) is 7.84. The number of methoxy groups -OCH3 is 1. The summed E-state index contributed by atoms with van der Waals surface area (Å²) >= 11 is 0. The van der Waals surface area contributed by atoms with Gasteiger partial charge in [-0.3, -0.25) is 9.59 Å². The van der Waals surface area contributed by atoms with Crippen LogP contribution < -0.4 is 4.90 Å². The Labute approximate surface area is 147 Å². The van der Waals surface area contributed by atoms with E-state index in [1.54, 1.807) is 12.0 Å². The molecular formula is C18H24N2O5. The van der Waals surface area contributed by atoms with E-state index in [4.69, 9.17) is 9.47 Å². The minimum atomic E-state index is -0.935. The van der Waals surface area contributed by atoms with Crippen LogP contribution in [0.2, 0.25) is 0 Å². The van der Waals surface area contributed by atoms with Crippen molar-refractivity contribution in [1.29, 1.82) is 0 Å². The predicted molar refractivity (Wildman–Crippen MR) is 91.5 cm³/mol. The van der Waals surface area contributed by atoms with Gasteiger partial charge in [0.15, 0.2) is 0 Å². The second-order valence-electron chi connectivity index (χ2n) is 6.33. The molecule has 2 atom stereocenters. The van der Waals surface area contributed by atoms with Gasteiger partial charge in [0.2, 0.25) is 5.91 Å². The van der Waals surface area contributed by atoms with Gasteiger partial charge in [-0.15, -0.1) is 0 Å². The van der Waals surface area contributed by atoms with E-state index in [1.807, 2.05) is 24.3 Å². The standard InChI is InChI=1S/C18H24N2O5/c1-24-9-8-20-16(21)12-14(18(22)23)17(20)13-4-2-3-5-15(13)19-6-10-25-11-7-19/h2-5,14,17H,6-12H2,1H3,(H,22,23)/t14-,17-/m0/s1. The van der Waals surface area contributed by atoms with E-state index in [0.29, 0.717) is 26.4 Å². The van der Waals surface area contributed by atoms with Crippen LogP contribution in [-0.2, 0) is 19.1 Å². The third kappa shape index (κ3) is 3.62. The number of carbonyl (C=O) groups excluding carboxylic acids is 1. The molecule has 1 amide bonds. The number of rotatable bonds is 6. The summed E-state index contributed by atoms with van der Waals surface area (Å²) in [6.45, 7) is 3.58. The highest BCUT2D eigenvalue weighted by molar-refractivity contribution is 5.88. The molecule has 1 N–H and O–H groups in total. The Morgan fingerprint density at radius 3 is 2.72 bits per heavy atom. The number of likely N-dealkylation sites (tertiary alicyclic amines) is 1. The molecular weight excluding hydrogens is 324 g/mol. The Morgan fingerprint density at radius 2 is 2.04 bits per heavy atom. The third-order valence-electron chi connectivity index (χ3n) is 4.89. The van der Waals surface area contributed by atoms with Gasteiger partial charge in [-0.2, -0.15) is 0 Å². The molecule has 0 spiro atoms. The van der Waals surface area contributed by atoms with Crippen molar-refractivity contribution in [2.75, 3.05) is 51.5 Å². The minimum Gasteiger partial charge on any atom is -0.481 e. The lowest BCUT2D eigenvalue weighted by Crippen LogP contribution is -2.39. The van der Waals surface area contributed by atoms with Crippen molar-refractivity contribution in [1.82, 2.24) is 4.90 Å². The molecule has 2 heterocycles. The molecule has 1 aromatic carbocycles. The number of amides is 1. The van der Waals surface area contributed by atoms with Gasteiger partial charge in [-0.1, -0.05) is 18.2 Å². The summed E-state index contributed by atoms with van der Waals surface area (Å²) in [5.41, 5.74) is 1.87. The quantitative estimate of drug-likeness (QED) is 0.831. The highest BCUT2D eigenvalue weighted by atomic mass is 16.5. The molecule has 0 saturated carbocycles. The summed E-state index contributed by atoms with van der Waals surface area (Å²) in [6, 6.07) is 7.30. The zero-order chi connectivity index (χ0) is 17.8. The molecule has 1 aromatic rings. The fraction of sp³-hybridized carbons (Fsp3) is 0.556. The van der Waals surface area contributed by atoms with Gasteiger partial charge in [0.05, 0.1) is 31.8 Å². The van der Waals surface area contributed by atoms with E-state index < -0.39 is 17.9 Å². The summed E-state index contributed by atoms with van der Waals surface area (Å²) in [5, 5.41) is 9.66. The van der Waals surface area contributed by atoms with Crippen LogP contribution in [0.3, 0.4) is 0 Å². The lowest BCUT2D eigenvalue weighted by atomic mass is 9.92. The summed E-state index contributed by atoms with van der Waals surface area (Å²) in [7, 11) is 1.58. The number of ether oxygens (including phenoxy) is 2. The highest BCUT2D eigenvalue weighted by Crippen LogP contribution is 2.42. The largest absolute Gasteiger partial charge is 0.481 e. The first kappa shape index (κ1) is 17.7. The fourth-order valence-electron chi connectivity index (χ4n) is 3.68. The Kier molecular flexibility index (Phi) is 5.55. The third-order valence-corrected chi connectivity index (χ3v) is 4.89. The molecule has 2 aliphatic heterocycles. The molecule has 2 aliphatic rings. The summed E-state index contributed by atoms with van der Waals surface area (Å²) in [4.78, 5) is 28.1. The normalized spacial score (nSPS) is 24.0. The van der Waals surface area contributed by atoms with Gasteiger partial charge >= 0.3 is 5.97 Å². The summed E-state index contributed by atoms with van der Waals surface area (Å²) in [6.07, 6.45) is 0.0289. The Hall–Kier alpha value is -2.12. The number of carboxylic acid groups (broad SMARTS) is 1. The zero-order valence-corrected chi connectivity index (χ0v) is 14.4. The van der Waals surface area contributed by atoms with Crippen LogP contribution >= 0.6 is 0 Å². The number of morpholine rings is 1. The van der Waals surface area contributed by atoms with Crippen LogP contribution in [0.15, 0.2) is 24.3 Å². The minimum absolute atomic E-state index is 0.0289. The van der Waals surface area contributed by atoms with E-state index in [1.165, 1.54) is 0 Å². The van der Waals surface area contributed by atoms with Crippen molar-refractivity contribution < 1.29 is 24.2 Å². The van der Waals surface area contributed by atoms with E-state index in [-0.39, 0.29) is 12.3 Å². The molecule has 0 aliphatic carbocycles. The number of hydrogen-bond donors (Lipinski definition) is 1. The van der Waals surface area contributed by atoms with Gasteiger partial charge in [-0.05, 0) is 11.6 Å². The number of aliphatic carboxylic acids is 1. The Morgan fingerprint density at radius 1 is 1.32 bits per heavy atom. The van der Waals surface area contributed by atoms with Crippen molar-refractivity contribution in [2.45, 2.75) is 12.5 Å². The van der Waals surface area contributed by atoms with Gasteiger partial charge in [0.25, 0.3) is 0 Å². The number of nitrogens with zero attached hydrogens (tertiary/aromatic N) is 2. The molecule has 2 fully saturated rings. The summed E-state index contributed by atoms with van der Waals surface area (Å²) in [5.74, 6) is -1.81. The number of hydrogen-bond acceptors (Lipinski definition) is 5. The molecule has 7 nitrogen and oxygen atoms in total. The maximum absolute atomic E-state index is 12.4. The number of anilines is 1. The molecule has 7 heteroatoms. The predicted octanol–water partition coefficient (Wildman–Crippen LogP) is 1.14. The van der Waals surface area contributed by atoms with Crippen molar-refractivity contribution in [3.05, 3.63) is 29.8 Å². The SMILES string of the molecule is COCCN1C(=O)C[C@H](C(=O)O)[C@@H]1c1ccccc1N1CCOCC1. The first-order valence-corrected chi connectivity index (χ1v) is 8.56. The van der Waals surface area contributed by atoms with E-state index in [0.717, 1.165) is 24.3 Å². The van der Waals surface area contributed by atoms with Crippen LogP contribution in [0, 0.1) is 5.92 Å². The second-order valence-corrected chi connectivity index (χ2v) is 6.33. The van der Waals surface area contributed by atoms with E-state index in [2.05, 4.69) is 4.90 Å². The molecule has 2 saturated heterocycles. The number of carbonyl (C=O) groups is 2. The first-order valence-electron chi connectivity index (χ1n) is 8.56. The zero-order valence-electron chi connectivity index (χ0n) is 14.4. The van der Waals surface area contributed by atoms with Crippen LogP contribution in [0.4, 0.5) is 5.69 Å². The molecule has 3 rings (SSSR count). The number of para-hydroxylation sites is 1. The fourth-order valence-corrected chi connectivity index (χ4v) is 3.68. The van der Waals surface area contributed by atoms with Crippen LogP contribution in [0.5, 0.6) is 0 Å². The van der Waals surface area contributed by atoms with Crippen LogP contribution in [0.25, 0.3) is 0 Å². The average Bonchev–Trinajstić information content (AvgIpc) is 2.97. The van der Waals surface area contributed by atoms with Crippen LogP contribution in [-0.4, -0.2) is 68.4 Å². The highest BCUT2D eigenvalue weighted by Gasteiger charge is 2.45. The van der Waals surface area contributed by atoms with Crippen molar-refractivity contribution in [3.63, 3.8) is 0 Å². The molecule has 0 radical (unpaired) electrons. The maximum atomic E-state index is 12.4. The van der Waals surface area contributed by atoms with E-state index >= 15 is 0 Å². The molecule has 136 valence electrons. The molecule has 0 bridgehead atoms. The van der Waals surface area contributed by atoms with Crippen LogP contribution in [0.1, 0.15) is 18.0 Å². The van der Waals surface area contributed by atoms with Crippen molar-refractivity contribution in [2.24, 2.45) is 5.92 Å². The van der Waals surface area contributed by atoms with E-state index in [9.17, 15) is 14.7 Å². The van der Waals surface area contributed by atoms with Gasteiger partial charge in [-0.25, -0.2) is 0 Å². The summed E-state index contributed by atoms with van der Waals surface area (Å²) < 4.78 is 10.5. The Bertz CT molecular complexity index is 630. The average molecular weight is 348 g/mol. The lowest BCUT2D eigenvalue weighted by Gasteiger charge is -2.34. The van der Waals surface area contributed by atoms with Crippen molar-refractivity contribution in [3.8, 4) is 0 Å². The maximum Gasteiger partial charge on any atom is 0.309 e. The van der Waals surface area contributed by atoms with Gasteiger partial charge in [0.1, 0.15) is 0 Å². The topological polar surface area (TPSA) is 79.3 Å². The lowest BCUT2D eigenvalue weighted by molar-refractivity contribution is -0.142. The Balaban J connectivity index is 1.98. The molecule has 0 aromatic heterocycles. The molecule has 0 unspecified atom stereocenters. The monoisotopic (exact) mass is 348 g/mol. The van der Waals surface area contributed by atoms with Gasteiger partial charge in [0, 0.05) is 38.9 Å².